The molecule has 1 aliphatic rings. The third-order valence-electron chi connectivity index (χ3n) is 5.60. The first-order valence-electron chi connectivity index (χ1n) is 10.3. The maximum absolute atomic E-state index is 12.5. The third-order valence-corrected chi connectivity index (χ3v) is 5.60. The van der Waals surface area contributed by atoms with E-state index in [1.807, 2.05) is 18.2 Å². The minimum atomic E-state index is 0.153. The molecule has 0 spiro atoms. The number of carbonyl (C=O) groups excluding carboxylic acids is 1. The Morgan fingerprint density at radius 1 is 1.11 bits per heavy atom. The average molecular weight is 381 g/mol. The monoisotopic (exact) mass is 380 g/mol. The number of hydrogen-bond acceptors (Lipinski definition) is 3. The van der Waals surface area contributed by atoms with E-state index in [0.717, 1.165) is 57.6 Å². The van der Waals surface area contributed by atoms with Gasteiger partial charge in [-0.3, -0.25) is 9.69 Å². The Morgan fingerprint density at radius 3 is 2.54 bits per heavy atom. The number of aryl methyl sites for hydroxylation is 2. The van der Waals surface area contributed by atoms with Crippen LogP contribution in [0.25, 0.3) is 0 Å². The normalized spacial score (nSPS) is 15.4. The zero-order valence-electron chi connectivity index (χ0n) is 17.1. The van der Waals surface area contributed by atoms with Gasteiger partial charge in [-0.25, -0.2) is 0 Å². The summed E-state index contributed by atoms with van der Waals surface area (Å²) in [6.45, 7) is 5.80. The van der Waals surface area contributed by atoms with Crippen LogP contribution >= 0.6 is 0 Å². The van der Waals surface area contributed by atoms with Gasteiger partial charge in [-0.1, -0.05) is 48.0 Å². The van der Waals surface area contributed by atoms with Crippen LogP contribution in [-0.4, -0.2) is 37.6 Å². The van der Waals surface area contributed by atoms with Crippen molar-refractivity contribution in [2.45, 2.75) is 39.2 Å². The molecule has 1 aliphatic heterocycles. The fraction of sp³-hybridized carbons (Fsp3) is 0.458. The van der Waals surface area contributed by atoms with Gasteiger partial charge in [0.25, 0.3) is 0 Å². The molecule has 0 radical (unpaired) electrons. The molecule has 2 aromatic rings. The number of amides is 1. The minimum absolute atomic E-state index is 0.153. The fourth-order valence-corrected chi connectivity index (χ4v) is 3.85. The first-order valence-corrected chi connectivity index (χ1v) is 10.3. The van der Waals surface area contributed by atoms with E-state index in [1.165, 1.54) is 16.7 Å². The van der Waals surface area contributed by atoms with Gasteiger partial charge in [-0.05, 0) is 62.9 Å². The molecule has 4 nitrogen and oxygen atoms in total. The van der Waals surface area contributed by atoms with Crippen molar-refractivity contribution >= 4 is 5.91 Å². The topological polar surface area (TPSA) is 41.6 Å². The molecule has 1 amide bonds. The van der Waals surface area contributed by atoms with E-state index < -0.39 is 0 Å². The molecule has 0 saturated carbocycles. The maximum Gasteiger partial charge on any atom is 0.223 e. The Kier molecular flexibility index (Phi) is 7.49. The van der Waals surface area contributed by atoms with E-state index in [-0.39, 0.29) is 11.8 Å². The molecule has 1 fully saturated rings. The quantitative estimate of drug-likeness (QED) is 0.705. The molecule has 3 rings (SSSR count). The zero-order chi connectivity index (χ0) is 19.8. The number of para-hydroxylation sites is 1. The lowest BCUT2D eigenvalue weighted by atomic mass is 9.95. The van der Waals surface area contributed by atoms with E-state index in [4.69, 9.17) is 4.74 Å². The summed E-state index contributed by atoms with van der Waals surface area (Å²) >= 11 is 0. The fourth-order valence-electron chi connectivity index (χ4n) is 3.85. The first kappa shape index (κ1) is 20.4. The Balaban J connectivity index is 1.35. The van der Waals surface area contributed by atoms with Gasteiger partial charge >= 0.3 is 0 Å². The van der Waals surface area contributed by atoms with Crippen LogP contribution in [0.3, 0.4) is 0 Å². The molecule has 1 heterocycles. The van der Waals surface area contributed by atoms with Crippen LogP contribution in [-0.2, 0) is 17.8 Å². The predicted octanol–water partition coefficient (Wildman–Crippen LogP) is 3.96. The molecule has 2 aromatic carbocycles. The largest absolute Gasteiger partial charge is 0.496 e. The standard InChI is InChI=1S/C24H32N2O2/c1-19-9-11-20(12-10-19)18-26-16-13-22(14-17-26)24(27)25-15-5-7-21-6-3-4-8-23(21)28-2/h3-4,6,8-12,22H,5,7,13-18H2,1-2H3,(H,25,27). The Morgan fingerprint density at radius 2 is 1.82 bits per heavy atom. The summed E-state index contributed by atoms with van der Waals surface area (Å²) in [6, 6.07) is 16.8. The number of carbonyl (C=O) groups is 1. The highest BCUT2D eigenvalue weighted by atomic mass is 16.5. The Hall–Kier alpha value is -2.33. The zero-order valence-corrected chi connectivity index (χ0v) is 17.1. The van der Waals surface area contributed by atoms with Crippen molar-refractivity contribution in [3.8, 4) is 5.75 Å². The third kappa shape index (κ3) is 5.83. The molecule has 0 aromatic heterocycles. The molecule has 0 aliphatic carbocycles. The number of ether oxygens (including phenoxy) is 1. The lowest BCUT2D eigenvalue weighted by Gasteiger charge is -2.31. The van der Waals surface area contributed by atoms with Crippen molar-refractivity contribution in [1.82, 2.24) is 10.2 Å². The highest BCUT2D eigenvalue weighted by molar-refractivity contribution is 5.78. The van der Waals surface area contributed by atoms with Crippen LogP contribution in [0.2, 0.25) is 0 Å². The summed E-state index contributed by atoms with van der Waals surface area (Å²) in [6.07, 6.45) is 3.74. The SMILES string of the molecule is COc1ccccc1CCCNC(=O)C1CCN(Cc2ccc(C)cc2)CC1. The molecule has 0 atom stereocenters. The second-order valence-electron chi connectivity index (χ2n) is 7.74. The minimum Gasteiger partial charge on any atom is -0.496 e. The van der Waals surface area contributed by atoms with Crippen molar-refractivity contribution in [2.75, 3.05) is 26.7 Å². The van der Waals surface area contributed by atoms with Crippen LogP contribution < -0.4 is 10.1 Å². The molecule has 0 unspecified atom stereocenters. The van der Waals surface area contributed by atoms with Crippen molar-refractivity contribution in [1.29, 1.82) is 0 Å². The lowest BCUT2D eigenvalue weighted by Crippen LogP contribution is -2.40. The maximum atomic E-state index is 12.5. The van der Waals surface area contributed by atoms with Gasteiger partial charge < -0.3 is 10.1 Å². The smallest absolute Gasteiger partial charge is 0.223 e. The van der Waals surface area contributed by atoms with E-state index in [1.54, 1.807) is 7.11 Å². The van der Waals surface area contributed by atoms with Crippen molar-refractivity contribution in [3.05, 3.63) is 65.2 Å². The Labute approximate surface area is 168 Å². The van der Waals surface area contributed by atoms with Gasteiger partial charge in [0.2, 0.25) is 5.91 Å². The lowest BCUT2D eigenvalue weighted by molar-refractivity contribution is -0.126. The molecule has 4 heteroatoms. The van der Waals surface area contributed by atoms with Crippen molar-refractivity contribution < 1.29 is 9.53 Å². The van der Waals surface area contributed by atoms with Gasteiger partial charge in [0.1, 0.15) is 5.75 Å². The van der Waals surface area contributed by atoms with E-state index in [2.05, 4.69) is 47.5 Å². The summed E-state index contributed by atoms with van der Waals surface area (Å²) in [4.78, 5) is 14.9. The number of rotatable bonds is 8. The van der Waals surface area contributed by atoms with Gasteiger partial charge in [-0.15, -0.1) is 0 Å². The summed E-state index contributed by atoms with van der Waals surface area (Å²) in [5, 5.41) is 3.13. The number of hydrogen-bond donors (Lipinski definition) is 1. The van der Waals surface area contributed by atoms with Crippen molar-refractivity contribution in [2.24, 2.45) is 5.92 Å². The number of methoxy groups -OCH3 is 1. The molecular weight excluding hydrogens is 348 g/mol. The second kappa shape index (κ2) is 10.3. The Bertz CT molecular complexity index is 749. The highest BCUT2D eigenvalue weighted by Crippen LogP contribution is 2.20. The highest BCUT2D eigenvalue weighted by Gasteiger charge is 2.24. The summed E-state index contributed by atoms with van der Waals surface area (Å²) in [7, 11) is 1.70. The average Bonchev–Trinajstić information content (AvgIpc) is 2.73. The molecular formula is C24H32N2O2. The molecule has 0 bridgehead atoms. The van der Waals surface area contributed by atoms with Gasteiger partial charge in [0, 0.05) is 19.0 Å². The second-order valence-corrected chi connectivity index (χ2v) is 7.74. The molecule has 28 heavy (non-hydrogen) atoms. The van der Waals surface area contributed by atoms with Gasteiger partial charge in [0.15, 0.2) is 0 Å². The molecule has 1 saturated heterocycles. The van der Waals surface area contributed by atoms with Crippen LogP contribution in [0, 0.1) is 12.8 Å². The van der Waals surface area contributed by atoms with Crippen LogP contribution in [0.1, 0.15) is 36.0 Å². The summed E-state index contributed by atoms with van der Waals surface area (Å²) in [5.74, 6) is 1.30. The van der Waals surface area contributed by atoms with Gasteiger partial charge in [-0.2, -0.15) is 0 Å². The van der Waals surface area contributed by atoms with Crippen LogP contribution in [0.15, 0.2) is 48.5 Å². The van der Waals surface area contributed by atoms with Crippen LogP contribution in [0.4, 0.5) is 0 Å². The molecule has 1 N–H and O–H groups in total. The number of nitrogens with zero attached hydrogens (tertiary/aromatic N) is 1. The van der Waals surface area contributed by atoms with E-state index >= 15 is 0 Å². The van der Waals surface area contributed by atoms with E-state index in [0.29, 0.717) is 0 Å². The number of likely N-dealkylation sites (tertiary alicyclic amines) is 1. The predicted molar refractivity (Wildman–Crippen MR) is 114 cm³/mol. The number of nitrogens with one attached hydrogen (secondary N) is 1. The van der Waals surface area contributed by atoms with Crippen molar-refractivity contribution in [3.63, 3.8) is 0 Å². The van der Waals surface area contributed by atoms with Crippen LogP contribution in [0.5, 0.6) is 5.75 Å². The molecule has 150 valence electrons. The summed E-state index contributed by atoms with van der Waals surface area (Å²) in [5.41, 5.74) is 3.85. The summed E-state index contributed by atoms with van der Waals surface area (Å²) < 4.78 is 5.39. The van der Waals surface area contributed by atoms with E-state index in [9.17, 15) is 4.79 Å². The number of benzene rings is 2. The number of piperidine rings is 1. The first-order chi connectivity index (χ1) is 13.7. The van der Waals surface area contributed by atoms with Gasteiger partial charge in [0.05, 0.1) is 7.11 Å².